The number of H-pyrrole nitrogens is 1. The zero-order chi connectivity index (χ0) is 22.1. The van der Waals surface area contributed by atoms with Gasteiger partial charge in [-0.2, -0.15) is 0 Å². The summed E-state index contributed by atoms with van der Waals surface area (Å²) >= 11 is 0. The maximum atomic E-state index is 12.5. The SMILES string of the molecule is NC(CC[C@H](NC(=O)c1ccc(CNCc2ncc[nH]2)cc1)C(=O)O)C1=NCCCN1. The number of aromatic amines is 1. The highest BCUT2D eigenvalue weighted by Crippen LogP contribution is 2.08. The number of imidazole rings is 1. The fourth-order valence-corrected chi connectivity index (χ4v) is 3.28. The van der Waals surface area contributed by atoms with Crippen molar-refractivity contribution in [2.45, 2.75) is 44.4 Å². The van der Waals surface area contributed by atoms with E-state index in [0.717, 1.165) is 30.9 Å². The molecule has 2 atom stereocenters. The van der Waals surface area contributed by atoms with E-state index in [2.05, 4.69) is 30.9 Å². The minimum Gasteiger partial charge on any atom is -0.480 e. The molecule has 0 saturated heterocycles. The lowest BCUT2D eigenvalue weighted by Gasteiger charge is -2.22. The van der Waals surface area contributed by atoms with Gasteiger partial charge in [-0.15, -0.1) is 0 Å². The highest BCUT2D eigenvalue weighted by molar-refractivity contribution is 5.96. The van der Waals surface area contributed by atoms with Crippen LogP contribution in [0.5, 0.6) is 0 Å². The molecule has 1 amide bonds. The number of benzene rings is 1. The predicted octanol–water partition coefficient (Wildman–Crippen LogP) is 0.382. The van der Waals surface area contributed by atoms with Crippen LogP contribution >= 0.6 is 0 Å². The molecule has 166 valence electrons. The van der Waals surface area contributed by atoms with Gasteiger partial charge in [0.1, 0.15) is 17.7 Å². The molecular weight excluding hydrogens is 398 g/mol. The van der Waals surface area contributed by atoms with Crippen LogP contribution in [-0.4, -0.2) is 58.0 Å². The Kier molecular flexibility index (Phi) is 8.13. The fraction of sp³-hybridized carbons (Fsp3) is 0.429. The first-order valence-electron chi connectivity index (χ1n) is 10.4. The van der Waals surface area contributed by atoms with Crippen LogP contribution in [0, 0.1) is 0 Å². The van der Waals surface area contributed by atoms with E-state index in [4.69, 9.17) is 5.73 Å². The van der Waals surface area contributed by atoms with E-state index in [9.17, 15) is 14.7 Å². The summed E-state index contributed by atoms with van der Waals surface area (Å²) in [6, 6.07) is 5.66. The van der Waals surface area contributed by atoms with Crippen molar-refractivity contribution in [2.24, 2.45) is 10.7 Å². The standard InChI is InChI=1S/C21H29N7O3/c22-16(19-26-8-1-9-27-19)6-7-17(21(30)31)28-20(29)15-4-2-14(3-5-15)12-23-13-18-24-10-11-25-18/h2-5,10-11,16-17,23H,1,6-9,12-13,22H2,(H,24,25)(H,26,27)(H,28,29)(H,30,31)/t16?,17-/m0/s1. The number of aliphatic carboxylic acids is 1. The van der Waals surface area contributed by atoms with Crippen LogP contribution in [0.15, 0.2) is 41.7 Å². The zero-order valence-electron chi connectivity index (χ0n) is 17.3. The lowest BCUT2D eigenvalue weighted by Crippen LogP contribution is -2.46. The van der Waals surface area contributed by atoms with E-state index in [1.54, 1.807) is 24.5 Å². The highest BCUT2D eigenvalue weighted by atomic mass is 16.4. The summed E-state index contributed by atoms with van der Waals surface area (Å²) in [4.78, 5) is 35.6. The van der Waals surface area contributed by atoms with E-state index in [0.29, 0.717) is 30.9 Å². The second-order valence-electron chi connectivity index (χ2n) is 7.43. The number of amides is 1. The van der Waals surface area contributed by atoms with Crippen molar-refractivity contribution in [3.05, 3.63) is 53.6 Å². The quantitative estimate of drug-likeness (QED) is 0.303. The molecule has 0 radical (unpaired) electrons. The van der Waals surface area contributed by atoms with Gasteiger partial charge in [-0.25, -0.2) is 9.78 Å². The summed E-state index contributed by atoms with van der Waals surface area (Å²) in [6.07, 6.45) is 5.05. The molecule has 1 unspecified atom stereocenters. The average molecular weight is 428 g/mol. The van der Waals surface area contributed by atoms with Crippen molar-refractivity contribution in [2.75, 3.05) is 13.1 Å². The second kappa shape index (κ2) is 11.2. The summed E-state index contributed by atoms with van der Waals surface area (Å²) in [5.41, 5.74) is 7.53. The van der Waals surface area contributed by atoms with Gasteiger partial charge < -0.3 is 31.8 Å². The van der Waals surface area contributed by atoms with Crippen molar-refractivity contribution in [1.29, 1.82) is 0 Å². The predicted molar refractivity (Wildman–Crippen MR) is 117 cm³/mol. The lowest BCUT2D eigenvalue weighted by molar-refractivity contribution is -0.139. The number of rotatable bonds is 11. The molecule has 0 saturated carbocycles. The van der Waals surface area contributed by atoms with Crippen LogP contribution in [0.3, 0.4) is 0 Å². The van der Waals surface area contributed by atoms with Gasteiger partial charge in [0, 0.05) is 37.6 Å². The van der Waals surface area contributed by atoms with Crippen LogP contribution < -0.4 is 21.7 Å². The third-order valence-electron chi connectivity index (χ3n) is 5.04. The van der Waals surface area contributed by atoms with Crippen molar-refractivity contribution in [1.82, 2.24) is 25.9 Å². The Morgan fingerprint density at radius 1 is 1.19 bits per heavy atom. The number of carbonyl (C=O) groups is 2. The molecule has 10 heteroatoms. The number of hydrogen-bond acceptors (Lipinski definition) is 7. The summed E-state index contributed by atoms with van der Waals surface area (Å²) in [5, 5.41) is 18.5. The van der Waals surface area contributed by atoms with E-state index in [-0.39, 0.29) is 12.5 Å². The number of amidine groups is 1. The van der Waals surface area contributed by atoms with E-state index >= 15 is 0 Å². The highest BCUT2D eigenvalue weighted by Gasteiger charge is 2.23. The number of carboxylic acids is 1. The summed E-state index contributed by atoms with van der Waals surface area (Å²) < 4.78 is 0. The molecule has 2 heterocycles. The number of carboxylic acid groups (broad SMARTS) is 1. The summed E-state index contributed by atoms with van der Waals surface area (Å²) in [6.45, 7) is 2.78. The molecule has 0 aliphatic carbocycles. The van der Waals surface area contributed by atoms with Gasteiger partial charge in [-0.1, -0.05) is 12.1 Å². The third-order valence-corrected chi connectivity index (χ3v) is 5.04. The molecule has 2 aromatic rings. The van der Waals surface area contributed by atoms with E-state index < -0.39 is 17.9 Å². The topological polar surface area (TPSA) is 158 Å². The molecule has 0 spiro atoms. The average Bonchev–Trinajstić information content (AvgIpc) is 3.30. The molecule has 1 aromatic carbocycles. The van der Waals surface area contributed by atoms with Crippen LogP contribution in [0.1, 0.15) is 41.0 Å². The van der Waals surface area contributed by atoms with Crippen molar-refractivity contribution < 1.29 is 14.7 Å². The molecule has 10 nitrogen and oxygen atoms in total. The van der Waals surface area contributed by atoms with Crippen molar-refractivity contribution >= 4 is 17.7 Å². The fourth-order valence-electron chi connectivity index (χ4n) is 3.28. The first kappa shape index (κ1) is 22.4. The molecule has 7 N–H and O–H groups in total. The largest absolute Gasteiger partial charge is 0.480 e. The number of aliphatic imine (C=N–C) groups is 1. The number of nitrogens with two attached hydrogens (primary N) is 1. The number of aromatic nitrogens is 2. The van der Waals surface area contributed by atoms with Crippen LogP contribution in [0.25, 0.3) is 0 Å². The number of hydrogen-bond donors (Lipinski definition) is 6. The lowest BCUT2D eigenvalue weighted by atomic mass is 10.0. The van der Waals surface area contributed by atoms with Gasteiger partial charge in [0.2, 0.25) is 0 Å². The zero-order valence-corrected chi connectivity index (χ0v) is 17.3. The Morgan fingerprint density at radius 2 is 2.00 bits per heavy atom. The molecule has 1 aliphatic rings. The van der Waals surface area contributed by atoms with Crippen molar-refractivity contribution in [3.8, 4) is 0 Å². The van der Waals surface area contributed by atoms with Crippen LogP contribution in [-0.2, 0) is 17.9 Å². The third kappa shape index (κ3) is 6.90. The monoisotopic (exact) mass is 427 g/mol. The maximum absolute atomic E-state index is 12.5. The molecule has 0 bridgehead atoms. The Balaban J connectivity index is 1.48. The number of nitrogens with zero attached hydrogens (tertiary/aromatic N) is 2. The molecule has 1 aromatic heterocycles. The minimum absolute atomic E-state index is 0.220. The second-order valence-corrected chi connectivity index (χ2v) is 7.43. The summed E-state index contributed by atoms with van der Waals surface area (Å²) in [5.74, 6) is 0.0433. The number of nitrogens with one attached hydrogen (secondary N) is 4. The Morgan fingerprint density at radius 3 is 2.65 bits per heavy atom. The maximum Gasteiger partial charge on any atom is 0.326 e. The Hall–Kier alpha value is -3.24. The van der Waals surface area contributed by atoms with E-state index in [1.807, 2.05) is 12.1 Å². The molecule has 3 rings (SSSR count). The molecule has 1 aliphatic heterocycles. The Labute approximate surface area is 180 Å². The van der Waals surface area contributed by atoms with Gasteiger partial charge in [0.25, 0.3) is 5.91 Å². The minimum atomic E-state index is -1.09. The van der Waals surface area contributed by atoms with Crippen molar-refractivity contribution in [3.63, 3.8) is 0 Å². The van der Waals surface area contributed by atoms with Crippen LogP contribution in [0.4, 0.5) is 0 Å². The molecule has 31 heavy (non-hydrogen) atoms. The number of carbonyl (C=O) groups excluding carboxylic acids is 1. The van der Waals surface area contributed by atoms with Crippen LogP contribution in [0.2, 0.25) is 0 Å². The molecule has 0 fully saturated rings. The summed E-state index contributed by atoms with van der Waals surface area (Å²) in [7, 11) is 0. The van der Waals surface area contributed by atoms with Gasteiger partial charge in [0.15, 0.2) is 0 Å². The Bertz CT molecular complexity index is 881. The van der Waals surface area contributed by atoms with Gasteiger partial charge in [0.05, 0.1) is 12.6 Å². The van der Waals surface area contributed by atoms with Gasteiger partial charge in [-0.3, -0.25) is 9.79 Å². The van der Waals surface area contributed by atoms with E-state index in [1.165, 1.54) is 0 Å². The van der Waals surface area contributed by atoms with Gasteiger partial charge in [-0.05, 0) is 37.0 Å². The molecular formula is C21H29N7O3. The smallest absolute Gasteiger partial charge is 0.326 e. The first-order valence-corrected chi connectivity index (χ1v) is 10.4. The normalized spacial score (nSPS) is 15.5. The first-order chi connectivity index (χ1) is 15.0. The van der Waals surface area contributed by atoms with Gasteiger partial charge >= 0.3 is 5.97 Å².